The fraction of sp³-hybridized carbons (Fsp3) is 0.382. The van der Waals surface area contributed by atoms with Crippen molar-refractivity contribution in [1.82, 2.24) is 20.2 Å². The van der Waals surface area contributed by atoms with Crippen molar-refractivity contribution in [3.63, 3.8) is 0 Å². The Kier molecular flexibility index (Phi) is 9.12. The molecule has 3 aromatic carbocycles. The molecule has 4 aromatic rings. The number of benzene rings is 3. The number of amides is 2. The van der Waals surface area contributed by atoms with E-state index >= 15 is 0 Å². The Hall–Kier alpha value is -3.06. The molecule has 1 aliphatic carbocycles. The first-order chi connectivity index (χ1) is 20.4. The van der Waals surface area contributed by atoms with Gasteiger partial charge in [-0.05, 0) is 90.3 Å². The Morgan fingerprint density at radius 3 is 2.51 bits per heavy atom. The third-order valence-electron chi connectivity index (χ3n) is 8.28. The zero-order valence-corrected chi connectivity index (χ0v) is 27.5. The first kappa shape index (κ1) is 31.4. The van der Waals surface area contributed by atoms with Crippen LogP contribution in [0.2, 0.25) is 15.1 Å². The van der Waals surface area contributed by atoms with E-state index in [1.165, 1.54) is 11.1 Å². The molecule has 0 aliphatic heterocycles. The monoisotopic (exact) mass is 638 g/mol. The highest BCUT2D eigenvalue weighted by atomic mass is 35.5. The normalized spacial score (nSPS) is 14.9. The van der Waals surface area contributed by atoms with E-state index < -0.39 is 5.41 Å². The fourth-order valence-corrected chi connectivity index (χ4v) is 6.55. The second kappa shape index (κ2) is 12.5. The van der Waals surface area contributed by atoms with Crippen molar-refractivity contribution < 1.29 is 9.59 Å². The fourth-order valence-electron chi connectivity index (χ4n) is 5.79. The third-order valence-corrected chi connectivity index (χ3v) is 9.34. The van der Waals surface area contributed by atoms with Crippen LogP contribution in [0.5, 0.6) is 0 Å². The van der Waals surface area contributed by atoms with E-state index in [-0.39, 0.29) is 17.7 Å². The van der Waals surface area contributed by atoms with Crippen LogP contribution in [0.15, 0.2) is 42.5 Å². The average molecular weight is 640 g/mol. The summed E-state index contributed by atoms with van der Waals surface area (Å²) >= 11 is 19.8. The van der Waals surface area contributed by atoms with Gasteiger partial charge in [0.2, 0.25) is 5.91 Å². The summed E-state index contributed by atoms with van der Waals surface area (Å²) in [6, 6.07) is 13.8. The average Bonchev–Trinajstić information content (AvgIpc) is 3.27. The molecule has 2 N–H and O–H groups in total. The molecule has 226 valence electrons. The van der Waals surface area contributed by atoms with Crippen LogP contribution in [0.3, 0.4) is 0 Å². The first-order valence-electron chi connectivity index (χ1n) is 14.7. The van der Waals surface area contributed by atoms with Crippen LogP contribution in [-0.4, -0.2) is 27.9 Å². The van der Waals surface area contributed by atoms with E-state index in [1.807, 2.05) is 65.1 Å². The van der Waals surface area contributed by atoms with Gasteiger partial charge in [0.15, 0.2) is 0 Å². The Bertz CT molecular complexity index is 1720. The van der Waals surface area contributed by atoms with Crippen LogP contribution >= 0.6 is 34.8 Å². The van der Waals surface area contributed by atoms with Gasteiger partial charge in [-0.25, -0.2) is 4.98 Å². The van der Waals surface area contributed by atoms with Crippen molar-refractivity contribution in [2.75, 3.05) is 6.54 Å². The Labute approximate surface area is 268 Å². The molecule has 1 aromatic heterocycles. The minimum Gasteiger partial charge on any atom is -0.352 e. The molecular formula is C34H37Cl3N4O2. The minimum absolute atomic E-state index is 0.0568. The van der Waals surface area contributed by atoms with E-state index in [2.05, 4.69) is 27.3 Å². The summed E-state index contributed by atoms with van der Waals surface area (Å²) < 4.78 is 2.05. The molecule has 1 atom stereocenters. The maximum absolute atomic E-state index is 13.3. The van der Waals surface area contributed by atoms with Gasteiger partial charge in [-0.3, -0.25) is 9.59 Å². The zero-order chi connectivity index (χ0) is 31.1. The lowest BCUT2D eigenvalue weighted by atomic mass is 9.78. The predicted molar refractivity (Wildman–Crippen MR) is 176 cm³/mol. The van der Waals surface area contributed by atoms with E-state index in [9.17, 15) is 9.59 Å². The first-order valence-corrected chi connectivity index (χ1v) is 15.8. The van der Waals surface area contributed by atoms with E-state index in [4.69, 9.17) is 39.8 Å². The summed E-state index contributed by atoms with van der Waals surface area (Å²) in [7, 11) is 1.98. The highest BCUT2D eigenvalue weighted by Crippen LogP contribution is 2.38. The summed E-state index contributed by atoms with van der Waals surface area (Å²) in [5.41, 5.74) is 6.93. The number of nitrogens with one attached hydrogen (secondary N) is 2. The lowest BCUT2D eigenvalue weighted by molar-refractivity contribution is -0.128. The van der Waals surface area contributed by atoms with E-state index in [0.29, 0.717) is 35.1 Å². The molecule has 0 radical (unpaired) electrons. The molecule has 6 nitrogen and oxygen atoms in total. The number of carbonyl (C=O) groups is 2. The van der Waals surface area contributed by atoms with E-state index in [1.54, 1.807) is 0 Å². The number of carbonyl (C=O) groups excluding carboxylic acids is 2. The van der Waals surface area contributed by atoms with Crippen molar-refractivity contribution in [2.45, 2.75) is 65.8 Å². The van der Waals surface area contributed by atoms with Gasteiger partial charge in [-0.2, -0.15) is 0 Å². The summed E-state index contributed by atoms with van der Waals surface area (Å²) in [6.45, 7) is 8.37. The molecule has 1 heterocycles. The Morgan fingerprint density at radius 2 is 1.79 bits per heavy atom. The third kappa shape index (κ3) is 6.57. The molecule has 0 saturated heterocycles. The molecule has 9 heteroatoms. The van der Waals surface area contributed by atoms with Gasteiger partial charge in [0, 0.05) is 47.6 Å². The maximum Gasteiger partial charge on any atom is 0.251 e. The van der Waals surface area contributed by atoms with Gasteiger partial charge in [0.1, 0.15) is 5.82 Å². The highest BCUT2D eigenvalue weighted by Gasteiger charge is 2.27. The van der Waals surface area contributed by atoms with Crippen molar-refractivity contribution in [3.8, 4) is 0 Å². The summed E-state index contributed by atoms with van der Waals surface area (Å²) in [4.78, 5) is 30.7. The number of hydrogen-bond donors (Lipinski definition) is 2. The molecule has 1 aliphatic rings. The summed E-state index contributed by atoms with van der Waals surface area (Å²) in [5.74, 6) is 0.794. The van der Waals surface area contributed by atoms with Crippen LogP contribution < -0.4 is 10.6 Å². The number of hydrogen-bond acceptors (Lipinski definition) is 3. The Balaban J connectivity index is 1.51. The maximum atomic E-state index is 13.3. The topological polar surface area (TPSA) is 76.0 Å². The van der Waals surface area contributed by atoms with Crippen molar-refractivity contribution >= 4 is 57.7 Å². The smallest absolute Gasteiger partial charge is 0.251 e. The van der Waals surface area contributed by atoms with Crippen LogP contribution in [-0.2, 0) is 37.6 Å². The number of fused-ring (bicyclic) bond motifs is 2. The number of imidazole rings is 1. The van der Waals surface area contributed by atoms with Gasteiger partial charge in [-0.15, -0.1) is 0 Å². The molecule has 0 saturated carbocycles. The number of aromatic nitrogens is 2. The molecule has 1 unspecified atom stereocenters. The minimum atomic E-state index is -0.505. The molecule has 0 fully saturated rings. The SMILES string of the molecule is CCNC(=O)c1cc2nc(Cc3c(Cl)ccc(CNC(=O)C(C)(C)C)c3Cl)n(C)c2cc1C1CCc2ccc(Cl)cc2C1. The van der Waals surface area contributed by atoms with Crippen molar-refractivity contribution in [2.24, 2.45) is 12.5 Å². The van der Waals surface area contributed by atoms with Gasteiger partial charge in [0.25, 0.3) is 5.91 Å². The number of rotatable bonds is 7. The quantitative estimate of drug-likeness (QED) is 0.217. The van der Waals surface area contributed by atoms with E-state index in [0.717, 1.165) is 57.8 Å². The van der Waals surface area contributed by atoms with Crippen LogP contribution in [0.4, 0.5) is 0 Å². The lowest BCUT2D eigenvalue weighted by Crippen LogP contribution is -2.34. The molecule has 2 amide bonds. The second-order valence-electron chi connectivity index (χ2n) is 12.3. The molecule has 5 rings (SSSR count). The van der Waals surface area contributed by atoms with Gasteiger partial charge in [-0.1, -0.05) is 67.7 Å². The Morgan fingerprint density at radius 1 is 1.02 bits per heavy atom. The standard InChI is InChI=1S/C34H37Cl3N4O2/c1-6-38-32(42)25-15-28-29(16-24(25)20-8-7-19-9-11-23(35)14-22(19)13-20)41(5)30(40-28)17-26-27(36)12-10-21(31(26)37)18-39-33(43)34(2,3)4/h9-12,14-16,20H,6-8,13,17-18H2,1-5H3,(H,38,42)(H,39,43). The van der Waals surface area contributed by atoms with Gasteiger partial charge < -0.3 is 15.2 Å². The van der Waals surface area contributed by atoms with Gasteiger partial charge >= 0.3 is 0 Å². The number of nitrogens with zero attached hydrogens (tertiary/aromatic N) is 2. The second-order valence-corrected chi connectivity index (χ2v) is 13.6. The van der Waals surface area contributed by atoms with Crippen molar-refractivity contribution in [3.05, 3.63) is 96.7 Å². The highest BCUT2D eigenvalue weighted by molar-refractivity contribution is 6.36. The number of aryl methyl sites for hydroxylation is 2. The largest absolute Gasteiger partial charge is 0.352 e. The lowest BCUT2D eigenvalue weighted by Gasteiger charge is -2.27. The number of halogens is 3. The zero-order valence-electron chi connectivity index (χ0n) is 25.2. The molecule has 0 spiro atoms. The molecular weight excluding hydrogens is 603 g/mol. The van der Waals surface area contributed by atoms with Crippen LogP contribution in [0.25, 0.3) is 11.0 Å². The predicted octanol–water partition coefficient (Wildman–Crippen LogP) is 7.81. The summed E-state index contributed by atoms with van der Waals surface area (Å²) in [5, 5.41) is 7.73. The van der Waals surface area contributed by atoms with Gasteiger partial charge in [0.05, 0.1) is 16.1 Å². The van der Waals surface area contributed by atoms with Crippen LogP contribution in [0, 0.1) is 5.41 Å². The van der Waals surface area contributed by atoms with Crippen molar-refractivity contribution in [1.29, 1.82) is 0 Å². The molecule has 0 bridgehead atoms. The molecule has 43 heavy (non-hydrogen) atoms. The summed E-state index contributed by atoms with van der Waals surface area (Å²) in [6.07, 6.45) is 3.10. The van der Waals surface area contributed by atoms with Crippen LogP contribution in [0.1, 0.15) is 84.0 Å².